The van der Waals surface area contributed by atoms with Crippen molar-refractivity contribution < 1.29 is 4.74 Å². The van der Waals surface area contributed by atoms with Gasteiger partial charge in [-0.1, -0.05) is 0 Å². The van der Waals surface area contributed by atoms with Gasteiger partial charge in [-0.05, 0) is 53.8 Å². The maximum atomic E-state index is 9.06. The van der Waals surface area contributed by atoms with Crippen LogP contribution in [0.4, 0.5) is 0 Å². The van der Waals surface area contributed by atoms with Crippen molar-refractivity contribution in [1.82, 2.24) is 10.2 Å². The average molecular weight is 239 g/mol. The van der Waals surface area contributed by atoms with Crippen molar-refractivity contribution in [3.05, 3.63) is 0 Å². The van der Waals surface area contributed by atoms with E-state index in [1.54, 1.807) is 0 Å². The Bertz CT molecular complexity index is 276. The van der Waals surface area contributed by atoms with E-state index >= 15 is 0 Å². The van der Waals surface area contributed by atoms with Crippen molar-refractivity contribution >= 4 is 0 Å². The van der Waals surface area contributed by atoms with Gasteiger partial charge in [0.15, 0.2) is 0 Å². The van der Waals surface area contributed by atoms with E-state index < -0.39 is 5.54 Å². The third kappa shape index (κ3) is 3.95. The molecule has 1 fully saturated rings. The summed E-state index contributed by atoms with van der Waals surface area (Å²) in [5.41, 5.74) is -0.390. The lowest BCUT2D eigenvalue weighted by Gasteiger charge is -2.28. The van der Waals surface area contributed by atoms with E-state index in [1.807, 2.05) is 14.0 Å². The maximum absolute atomic E-state index is 9.06. The molecule has 1 aliphatic rings. The Hall–Kier alpha value is -0.630. The molecule has 3 atom stereocenters. The zero-order valence-electron chi connectivity index (χ0n) is 11.5. The third-order valence-corrected chi connectivity index (χ3v) is 3.89. The fourth-order valence-electron chi connectivity index (χ4n) is 2.38. The van der Waals surface area contributed by atoms with Crippen LogP contribution in [0, 0.1) is 11.3 Å². The van der Waals surface area contributed by atoms with E-state index in [2.05, 4.69) is 30.3 Å². The van der Waals surface area contributed by atoms with Gasteiger partial charge < -0.3 is 15.0 Å². The minimum atomic E-state index is -0.390. The summed E-state index contributed by atoms with van der Waals surface area (Å²) in [5.74, 6) is 0. The van der Waals surface area contributed by atoms with E-state index in [-0.39, 0.29) is 0 Å². The van der Waals surface area contributed by atoms with Gasteiger partial charge in [-0.3, -0.25) is 0 Å². The number of hydrogen-bond acceptors (Lipinski definition) is 4. The molecule has 0 aliphatic carbocycles. The Kier molecular flexibility index (Phi) is 5.38. The zero-order chi connectivity index (χ0) is 12.9. The van der Waals surface area contributed by atoms with Crippen molar-refractivity contribution in [2.24, 2.45) is 0 Å². The van der Waals surface area contributed by atoms with Crippen LogP contribution in [0.3, 0.4) is 0 Å². The van der Waals surface area contributed by atoms with Crippen molar-refractivity contribution in [2.75, 3.05) is 27.2 Å². The number of nitrogens with zero attached hydrogens (tertiary/aromatic N) is 2. The molecule has 3 unspecified atom stereocenters. The second-order valence-electron chi connectivity index (χ2n) is 5.21. The summed E-state index contributed by atoms with van der Waals surface area (Å²) in [6.07, 6.45) is 3.38. The monoisotopic (exact) mass is 239 g/mol. The fraction of sp³-hybridized carbons (Fsp3) is 0.923. The Labute approximate surface area is 105 Å². The van der Waals surface area contributed by atoms with Gasteiger partial charge >= 0.3 is 0 Å². The Morgan fingerprint density at radius 2 is 2.29 bits per heavy atom. The Morgan fingerprint density at radius 3 is 2.76 bits per heavy atom. The van der Waals surface area contributed by atoms with Crippen molar-refractivity contribution in [3.8, 4) is 6.07 Å². The topological polar surface area (TPSA) is 48.3 Å². The van der Waals surface area contributed by atoms with Gasteiger partial charge in [0.2, 0.25) is 0 Å². The lowest BCUT2D eigenvalue weighted by Crippen LogP contribution is -2.41. The van der Waals surface area contributed by atoms with Gasteiger partial charge in [-0.2, -0.15) is 5.26 Å². The van der Waals surface area contributed by atoms with Gasteiger partial charge in [0.1, 0.15) is 5.54 Å². The summed E-state index contributed by atoms with van der Waals surface area (Å²) >= 11 is 0. The molecule has 1 rings (SSSR count). The molecule has 1 heterocycles. The van der Waals surface area contributed by atoms with Crippen LogP contribution in [0.15, 0.2) is 0 Å². The molecule has 0 saturated carbocycles. The summed E-state index contributed by atoms with van der Waals surface area (Å²) in [5, 5.41) is 12.1. The summed E-state index contributed by atoms with van der Waals surface area (Å²) in [6, 6.07) is 2.87. The third-order valence-electron chi connectivity index (χ3n) is 3.89. The van der Waals surface area contributed by atoms with Gasteiger partial charge in [-0.15, -0.1) is 0 Å². The molecule has 0 bridgehead atoms. The molecule has 1 N–H and O–H groups in total. The summed E-state index contributed by atoms with van der Waals surface area (Å²) < 4.78 is 5.57. The van der Waals surface area contributed by atoms with Gasteiger partial charge in [0.25, 0.3) is 0 Å². The molecule has 0 spiro atoms. The number of nitriles is 1. The molecule has 0 aromatic rings. The normalized spacial score (nSPS) is 28.0. The van der Waals surface area contributed by atoms with Crippen LogP contribution in [-0.4, -0.2) is 49.8 Å². The summed E-state index contributed by atoms with van der Waals surface area (Å²) in [4.78, 5) is 2.37. The van der Waals surface area contributed by atoms with Crippen LogP contribution in [0.5, 0.6) is 0 Å². The quantitative estimate of drug-likeness (QED) is 0.760. The molecule has 1 aliphatic heterocycles. The second kappa shape index (κ2) is 6.34. The predicted molar refractivity (Wildman–Crippen MR) is 68.8 cm³/mol. The molecule has 98 valence electrons. The molecule has 0 amide bonds. The Morgan fingerprint density at radius 1 is 1.59 bits per heavy atom. The average Bonchev–Trinajstić information content (AvgIpc) is 2.75. The van der Waals surface area contributed by atoms with E-state index in [1.165, 1.54) is 0 Å². The van der Waals surface area contributed by atoms with Crippen molar-refractivity contribution in [2.45, 2.75) is 50.8 Å². The van der Waals surface area contributed by atoms with E-state index in [0.29, 0.717) is 12.1 Å². The van der Waals surface area contributed by atoms with Crippen LogP contribution < -0.4 is 5.32 Å². The number of likely N-dealkylation sites (N-methyl/N-ethyl adjacent to an activating group) is 1. The Balaban J connectivity index is 2.29. The van der Waals surface area contributed by atoms with Gasteiger partial charge in [0, 0.05) is 12.6 Å². The molecular formula is C13H25N3O. The second-order valence-corrected chi connectivity index (χ2v) is 5.21. The number of rotatable bonds is 6. The van der Waals surface area contributed by atoms with Crippen molar-refractivity contribution in [1.29, 1.82) is 5.26 Å². The van der Waals surface area contributed by atoms with Crippen LogP contribution in [0.1, 0.15) is 33.1 Å². The molecule has 4 heteroatoms. The molecule has 0 aromatic heterocycles. The first-order valence-electron chi connectivity index (χ1n) is 6.44. The largest absolute Gasteiger partial charge is 0.377 e. The highest BCUT2D eigenvalue weighted by molar-refractivity contribution is 5.02. The van der Waals surface area contributed by atoms with Crippen molar-refractivity contribution in [3.63, 3.8) is 0 Å². The molecule has 17 heavy (non-hydrogen) atoms. The molecule has 0 aromatic carbocycles. The molecule has 0 radical (unpaired) electrons. The van der Waals surface area contributed by atoms with E-state index in [9.17, 15) is 0 Å². The highest BCUT2D eigenvalue weighted by Crippen LogP contribution is 2.19. The van der Waals surface area contributed by atoms with Crippen LogP contribution >= 0.6 is 0 Å². The highest BCUT2D eigenvalue weighted by atomic mass is 16.5. The number of hydrogen-bond donors (Lipinski definition) is 1. The minimum Gasteiger partial charge on any atom is -0.377 e. The smallest absolute Gasteiger partial charge is 0.103 e. The summed E-state index contributed by atoms with van der Waals surface area (Å²) in [6.45, 7) is 6.00. The van der Waals surface area contributed by atoms with Gasteiger partial charge in [-0.25, -0.2) is 0 Å². The van der Waals surface area contributed by atoms with Crippen LogP contribution in [-0.2, 0) is 4.74 Å². The predicted octanol–water partition coefficient (Wildman–Crippen LogP) is 1.38. The standard InChI is InChI=1S/C13H25N3O/c1-11-12(6-9-17-11)16(4)8-5-7-13(2,10-14)15-3/h11-12,15H,5-9H2,1-4H3. The zero-order valence-corrected chi connectivity index (χ0v) is 11.5. The fourth-order valence-corrected chi connectivity index (χ4v) is 2.38. The highest BCUT2D eigenvalue weighted by Gasteiger charge is 2.28. The lowest BCUT2D eigenvalue weighted by molar-refractivity contribution is 0.0827. The number of ether oxygens (including phenoxy) is 1. The first kappa shape index (κ1) is 14.4. The first-order chi connectivity index (χ1) is 8.02. The maximum Gasteiger partial charge on any atom is 0.103 e. The van der Waals surface area contributed by atoms with Crippen LogP contribution in [0.2, 0.25) is 0 Å². The molecular weight excluding hydrogens is 214 g/mol. The van der Waals surface area contributed by atoms with Gasteiger partial charge in [0.05, 0.1) is 12.2 Å². The lowest BCUT2D eigenvalue weighted by atomic mass is 9.97. The molecule has 1 saturated heterocycles. The van der Waals surface area contributed by atoms with Crippen LogP contribution in [0.25, 0.3) is 0 Å². The van der Waals surface area contributed by atoms with E-state index in [0.717, 1.165) is 32.4 Å². The van der Waals surface area contributed by atoms with E-state index in [4.69, 9.17) is 10.00 Å². The minimum absolute atomic E-state index is 0.339. The summed E-state index contributed by atoms with van der Waals surface area (Å²) in [7, 11) is 4.00. The first-order valence-corrected chi connectivity index (χ1v) is 6.44. The molecule has 4 nitrogen and oxygen atoms in total. The SMILES string of the molecule is CNC(C)(C#N)CCCN(C)C1CCOC1C. The number of nitrogens with one attached hydrogen (secondary N) is 1.